The molecule has 5 heteroatoms. The highest BCUT2D eigenvalue weighted by Gasteiger charge is 2.27. The monoisotopic (exact) mass is 282 g/mol. The second-order valence-corrected chi connectivity index (χ2v) is 5.85. The minimum Gasteiger partial charge on any atom is -0.382 e. The molecule has 0 amide bonds. The Hall–Kier alpha value is -1.29. The lowest BCUT2D eigenvalue weighted by Gasteiger charge is -2.35. The van der Waals surface area contributed by atoms with E-state index in [1.54, 1.807) is 12.1 Å². The zero-order valence-electron chi connectivity index (χ0n) is 11.2. The fourth-order valence-corrected chi connectivity index (χ4v) is 2.93. The van der Waals surface area contributed by atoms with Crippen LogP contribution in [0.4, 0.5) is 11.4 Å². The average Bonchev–Trinajstić information content (AvgIpc) is 2.37. The number of rotatable bonds is 3. The van der Waals surface area contributed by atoms with Gasteiger partial charge >= 0.3 is 0 Å². The summed E-state index contributed by atoms with van der Waals surface area (Å²) < 4.78 is 0. The van der Waals surface area contributed by atoms with Crippen LogP contribution in [0.1, 0.15) is 33.1 Å². The molecular formula is C14H19ClN2O2. The van der Waals surface area contributed by atoms with E-state index in [9.17, 15) is 10.1 Å². The lowest BCUT2D eigenvalue weighted by molar-refractivity contribution is -0.384. The maximum Gasteiger partial charge on any atom is 0.289 e. The Morgan fingerprint density at radius 3 is 2.79 bits per heavy atom. The molecule has 0 spiro atoms. The Labute approximate surface area is 118 Å². The van der Waals surface area contributed by atoms with Gasteiger partial charge in [-0.1, -0.05) is 38.3 Å². The number of nitro benzene ring substituents is 1. The van der Waals surface area contributed by atoms with E-state index in [2.05, 4.69) is 19.2 Å². The Morgan fingerprint density at radius 1 is 1.37 bits per heavy atom. The van der Waals surface area contributed by atoms with Crippen molar-refractivity contribution >= 4 is 23.0 Å². The molecule has 0 aromatic heterocycles. The second kappa shape index (κ2) is 5.78. The van der Waals surface area contributed by atoms with Crippen LogP contribution in [-0.4, -0.2) is 11.0 Å². The number of hydrogen-bond donors (Lipinski definition) is 1. The van der Waals surface area contributed by atoms with Crippen molar-refractivity contribution in [2.45, 2.75) is 39.2 Å². The summed E-state index contributed by atoms with van der Waals surface area (Å²) in [5, 5.41) is 14.5. The van der Waals surface area contributed by atoms with Crippen LogP contribution in [0, 0.1) is 22.0 Å². The average molecular weight is 283 g/mol. The molecule has 1 fully saturated rings. The summed E-state index contributed by atoms with van der Waals surface area (Å²) in [6.45, 7) is 4.51. The predicted molar refractivity (Wildman–Crippen MR) is 77.7 cm³/mol. The zero-order chi connectivity index (χ0) is 14.0. The van der Waals surface area contributed by atoms with Crippen LogP contribution in [-0.2, 0) is 0 Å². The lowest BCUT2D eigenvalue weighted by Crippen LogP contribution is -2.34. The van der Waals surface area contributed by atoms with Crippen molar-refractivity contribution in [3.05, 3.63) is 33.3 Å². The van der Waals surface area contributed by atoms with E-state index in [-0.39, 0.29) is 10.7 Å². The van der Waals surface area contributed by atoms with Gasteiger partial charge in [0.25, 0.3) is 5.69 Å². The van der Waals surface area contributed by atoms with Crippen molar-refractivity contribution in [1.82, 2.24) is 0 Å². The summed E-state index contributed by atoms with van der Waals surface area (Å²) in [6.07, 6.45) is 3.58. The van der Waals surface area contributed by atoms with Gasteiger partial charge in [-0.3, -0.25) is 10.1 Å². The van der Waals surface area contributed by atoms with Crippen molar-refractivity contribution in [3.63, 3.8) is 0 Å². The van der Waals surface area contributed by atoms with E-state index < -0.39 is 4.92 Å². The Balaban J connectivity index is 2.15. The molecule has 0 heterocycles. The van der Waals surface area contributed by atoms with E-state index in [4.69, 9.17) is 11.6 Å². The molecular weight excluding hydrogens is 264 g/mol. The molecule has 3 unspecified atom stereocenters. The fourth-order valence-electron chi connectivity index (χ4n) is 2.74. The van der Waals surface area contributed by atoms with E-state index in [1.165, 1.54) is 18.9 Å². The van der Waals surface area contributed by atoms with Crippen LogP contribution >= 0.6 is 11.6 Å². The van der Waals surface area contributed by atoms with E-state index in [0.717, 1.165) is 12.1 Å². The molecule has 1 aliphatic carbocycles. The molecule has 104 valence electrons. The first-order valence-corrected chi connectivity index (χ1v) is 7.07. The van der Waals surface area contributed by atoms with Crippen LogP contribution in [0.2, 0.25) is 5.02 Å². The lowest BCUT2D eigenvalue weighted by atomic mass is 9.78. The predicted octanol–water partition coefficient (Wildman–Crippen LogP) is 4.48. The normalized spacial score (nSPS) is 27.0. The number of nitrogens with one attached hydrogen (secondary N) is 1. The van der Waals surface area contributed by atoms with E-state index >= 15 is 0 Å². The molecule has 1 aromatic carbocycles. The van der Waals surface area contributed by atoms with Gasteiger partial charge in [0.1, 0.15) is 5.02 Å². The third kappa shape index (κ3) is 3.18. The molecule has 0 saturated heterocycles. The third-order valence-electron chi connectivity index (χ3n) is 4.20. The summed E-state index contributed by atoms with van der Waals surface area (Å²) in [5.74, 6) is 1.26. The maximum absolute atomic E-state index is 10.9. The Morgan fingerprint density at radius 2 is 2.11 bits per heavy atom. The SMILES string of the molecule is CC1CCCC(Nc2ccc(Cl)c([N+](=O)[O-])c2)C1C. The quantitative estimate of drug-likeness (QED) is 0.657. The number of hydrogen-bond acceptors (Lipinski definition) is 3. The van der Waals surface area contributed by atoms with E-state index in [0.29, 0.717) is 17.9 Å². The number of benzene rings is 1. The molecule has 1 aliphatic rings. The molecule has 2 rings (SSSR count). The molecule has 3 atom stereocenters. The highest BCUT2D eigenvalue weighted by Crippen LogP contribution is 2.33. The summed E-state index contributed by atoms with van der Waals surface area (Å²) in [4.78, 5) is 10.4. The summed E-state index contributed by atoms with van der Waals surface area (Å²) in [7, 11) is 0. The van der Waals surface area contributed by atoms with Crippen molar-refractivity contribution in [1.29, 1.82) is 0 Å². The number of nitro groups is 1. The van der Waals surface area contributed by atoms with Gasteiger partial charge in [0.2, 0.25) is 0 Å². The van der Waals surface area contributed by atoms with Gasteiger partial charge in [-0.25, -0.2) is 0 Å². The molecule has 0 radical (unpaired) electrons. The van der Waals surface area contributed by atoms with Crippen molar-refractivity contribution in [3.8, 4) is 0 Å². The summed E-state index contributed by atoms with van der Waals surface area (Å²) in [6, 6.07) is 5.29. The highest BCUT2D eigenvalue weighted by atomic mass is 35.5. The smallest absolute Gasteiger partial charge is 0.289 e. The molecule has 19 heavy (non-hydrogen) atoms. The van der Waals surface area contributed by atoms with E-state index in [1.807, 2.05) is 0 Å². The first kappa shape index (κ1) is 14.1. The minimum atomic E-state index is -0.444. The van der Waals surface area contributed by atoms with Crippen molar-refractivity contribution in [2.24, 2.45) is 11.8 Å². The van der Waals surface area contributed by atoms with Gasteiger partial charge < -0.3 is 5.32 Å². The van der Waals surface area contributed by atoms with Crippen LogP contribution in [0.3, 0.4) is 0 Å². The summed E-state index contributed by atoms with van der Waals surface area (Å²) >= 11 is 5.82. The first-order valence-electron chi connectivity index (χ1n) is 6.69. The van der Waals surface area contributed by atoms with Crippen LogP contribution in [0.25, 0.3) is 0 Å². The van der Waals surface area contributed by atoms with Gasteiger partial charge in [0.05, 0.1) is 4.92 Å². The van der Waals surface area contributed by atoms with Gasteiger partial charge in [-0.15, -0.1) is 0 Å². The molecule has 4 nitrogen and oxygen atoms in total. The van der Waals surface area contributed by atoms with Gasteiger partial charge in [0, 0.05) is 17.8 Å². The zero-order valence-corrected chi connectivity index (χ0v) is 12.0. The fraction of sp³-hybridized carbons (Fsp3) is 0.571. The molecule has 0 bridgehead atoms. The number of halogens is 1. The second-order valence-electron chi connectivity index (χ2n) is 5.44. The van der Waals surface area contributed by atoms with Crippen LogP contribution < -0.4 is 5.32 Å². The largest absolute Gasteiger partial charge is 0.382 e. The maximum atomic E-state index is 10.9. The molecule has 1 N–H and O–H groups in total. The molecule has 0 aliphatic heterocycles. The van der Waals surface area contributed by atoms with Gasteiger partial charge in [-0.2, -0.15) is 0 Å². The Bertz CT molecular complexity index is 479. The Kier molecular flexibility index (Phi) is 4.30. The first-order chi connectivity index (χ1) is 8.99. The van der Waals surface area contributed by atoms with Crippen molar-refractivity contribution in [2.75, 3.05) is 5.32 Å². The molecule has 1 saturated carbocycles. The van der Waals surface area contributed by atoms with Crippen molar-refractivity contribution < 1.29 is 4.92 Å². The topological polar surface area (TPSA) is 55.2 Å². The van der Waals surface area contributed by atoms with Crippen LogP contribution in [0.5, 0.6) is 0 Å². The van der Waals surface area contributed by atoms with Crippen LogP contribution in [0.15, 0.2) is 18.2 Å². The van der Waals surface area contributed by atoms with Gasteiger partial charge in [0.15, 0.2) is 0 Å². The number of anilines is 1. The number of nitrogens with zero attached hydrogens (tertiary/aromatic N) is 1. The highest BCUT2D eigenvalue weighted by molar-refractivity contribution is 6.32. The minimum absolute atomic E-state index is 0.0387. The third-order valence-corrected chi connectivity index (χ3v) is 4.52. The molecule has 1 aromatic rings. The standard InChI is InChI=1S/C14H19ClN2O2/c1-9-4-3-5-13(10(9)2)16-11-6-7-12(15)14(8-11)17(18)19/h6-10,13,16H,3-5H2,1-2H3. The van der Waals surface area contributed by atoms with Gasteiger partial charge in [-0.05, 0) is 30.4 Å². The summed E-state index contributed by atoms with van der Waals surface area (Å²) in [5.41, 5.74) is 0.741.